The van der Waals surface area contributed by atoms with E-state index in [1.54, 1.807) is 0 Å². The molecular weight excluding hydrogens is 196 g/mol. The second-order valence-corrected chi connectivity index (χ2v) is 7.31. The third kappa shape index (κ3) is 2.50. The maximum absolute atomic E-state index is 11.7. The SMILES string of the molecule is CCCCCCC1(C)CCCS1(=O)=O. The topological polar surface area (TPSA) is 34.1 Å². The van der Waals surface area contributed by atoms with Gasteiger partial charge in [-0.25, -0.2) is 8.42 Å². The third-order valence-electron chi connectivity index (χ3n) is 3.43. The molecule has 0 aromatic rings. The van der Waals surface area contributed by atoms with E-state index in [9.17, 15) is 8.42 Å². The first kappa shape index (κ1) is 12.0. The average molecular weight is 218 g/mol. The number of hydrogen-bond acceptors (Lipinski definition) is 2. The maximum Gasteiger partial charge on any atom is 0.155 e. The Kier molecular flexibility index (Phi) is 3.99. The lowest BCUT2D eigenvalue weighted by molar-refractivity contribution is 0.481. The van der Waals surface area contributed by atoms with Crippen molar-refractivity contribution in [1.29, 1.82) is 0 Å². The predicted molar refractivity (Wildman–Crippen MR) is 60.2 cm³/mol. The normalized spacial score (nSPS) is 30.7. The minimum absolute atomic E-state index is 0.388. The average Bonchev–Trinajstić information content (AvgIpc) is 2.36. The smallest absolute Gasteiger partial charge is 0.155 e. The van der Waals surface area contributed by atoms with Crippen LogP contribution in [0.3, 0.4) is 0 Å². The summed E-state index contributed by atoms with van der Waals surface area (Å²) >= 11 is 0. The van der Waals surface area contributed by atoms with Crippen molar-refractivity contribution in [1.82, 2.24) is 0 Å². The predicted octanol–water partition coefficient (Wildman–Crippen LogP) is 2.92. The van der Waals surface area contributed by atoms with Gasteiger partial charge in [-0.15, -0.1) is 0 Å². The summed E-state index contributed by atoms with van der Waals surface area (Å²) in [5.74, 6) is 0.414. The largest absolute Gasteiger partial charge is 0.228 e. The Balaban J connectivity index is 2.42. The van der Waals surface area contributed by atoms with Crippen molar-refractivity contribution < 1.29 is 8.42 Å². The molecule has 0 bridgehead atoms. The zero-order valence-electron chi connectivity index (χ0n) is 9.38. The van der Waals surface area contributed by atoms with E-state index in [-0.39, 0.29) is 4.75 Å². The molecule has 0 spiro atoms. The van der Waals surface area contributed by atoms with Crippen LogP contribution in [0.1, 0.15) is 58.8 Å². The van der Waals surface area contributed by atoms with Crippen LogP contribution in [0.2, 0.25) is 0 Å². The van der Waals surface area contributed by atoms with Crippen LogP contribution in [0.25, 0.3) is 0 Å². The Labute approximate surface area is 88.0 Å². The van der Waals surface area contributed by atoms with Gasteiger partial charge >= 0.3 is 0 Å². The molecule has 0 saturated carbocycles. The monoisotopic (exact) mass is 218 g/mol. The summed E-state index contributed by atoms with van der Waals surface area (Å²) in [4.78, 5) is 0. The Bertz CT molecular complexity index is 269. The number of hydrogen-bond donors (Lipinski definition) is 0. The first-order valence-electron chi connectivity index (χ1n) is 5.74. The van der Waals surface area contributed by atoms with E-state index in [4.69, 9.17) is 0 Å². The van der Waals surface area contributed by atoms with Crippen LogP contribution < -0.4 is 0 Å². The van der Waals surface area contributed by atoms with E-state index < -0.39 is 9.84 Å². The van der Waals surface area contributed by atoms with Gasteiger partial charge in [0.25, 0.3) is 0 Å². The highest BCUT2D eigenvalue weighted by atomic mass is 32.2. The maximum atomic E-state index is 11.7. The standard InChI is InChI=1S/C11H22O2S/c1-3-4-5-6-8-11(2)9-7-10-14(11,12)13/h3-10H2,1-2H3. The lowest BCUT2D eigenvalue weighted by Crippen LogP contribution is -2.30. The molecule has 1 atom stereocenters. The van der Waals surface area contributed by atoms with Crippen molar-refractivity contribution >= 4 is 9.84 Å². The summed E-state index contributed by atoms with van der Waals surface area (Å²) in [6.45, 7) is 4.11. The van der Waals surface area contributed by atoms with Gasteiger partial charge in [0.05, 0.1) is 10.5 Å². The minimum Gasteiger partial charge on any atom is -0.228 e. The summed E-state index contributed by atoms with van der Waals surface area (Å²) < 4.78 is 23.1. The van der Waals surface area contributed by atoms with Gasteiger partial charge in [-0.1, -0.05) is 32.6 Å². The fourth-order valence-corrected chi connectivity index (χ4v) is 4.17. The molecule has 1 unspecified atom stereocenters. The molecule has 1 fully saturated rings. The molecule has 1 aliphatic heterocycles. The summed E-state index contributed by atoms with van der Waals surface area (Å²) in [7, 11) is -2.77. The van der Waals surface area contributed by atoms with Crippen LogP contribution in [0, 0.1) is 0 Å². The Morgan fingerprint density at radius 3 is 2.43 bits per heavy atom. The summed E-state index contributed by atoms with van der Waals surface area (Å²) in [6, 6.07) is 0. The number of sulfone groups is 1. The molecule has 0 amide bonds. The molecule has 0 aromatic heterocycles. The lowest BCUT2D eigenvalue weighted by atomic mass is 9.98. The molecule has 2 nitrogen and oxygen atoms in total. The van der Waals surface area contributed by atoms with Crippen LogP contribution in [0.15, 0.2) is 0 Å². The van der Waals surface area contributed by atoms with Gasteiger partial charge in [-0.2, -0.15) is 0 Å². The van der Waals surface area contributed by atoms with Gasteiger partial charge in [0.15, 0.2) is 9.84 Å². The van der Waals surface area contributed by atoms with Crippen molar-refractivity contribution in [3.8, 4) is 0 Å². The summed E-state index contributed by atoms with van der Waals surface area (Å²) in [5, 5.41) is 0. The molecular formula is C11H22O2S. The molecule has 0 N–H and O–H groups in total. The Morgan fingerprint density at radius 2 is 1.93 bits per heavy atom. The van der Waals surface area contributed by atoms with Crippen LogP contribution in [-0.4, -0.2) is 18.9 Å². The van der Waals surface area contributed by atoms with E-state index >= 15 is 0 Å². The molecule has 0 aliphatic carbocycles. The number of unbranched alkanes of at least 4 members (excludes halogenated alkanes) is 3. The highest BCUT2D eigenvalue weighted by Gasteiger charge is 2.42. The summed E-state index contributed by atoms with van der Waals surface area (Å²) in [6.07, 6.45) is 7.31. The number of rotatable bonds is 5. The van der Waals surface area contributed by atoms with Gasteiger partial charge in [0.1, 0.15) is 0 Å². The van der Waals surface area contributed by atoms with Crippen LogP contribution in [0.4, 0.5) is 0 Å². The highest BCUT2D eigenvalue weighted by molar-refractivity contribution is 7.93. The Hall–Kier alpha value is -0.0500. The molecule has 14 heavy (non-hydrogen) atoms. The van der Waals surface area contributed by atoms with Crippen molar-refractivity contribution in [3.05, 3.63) is 0 Å². The molecule has 1 rings (SSSR count). The van der Waals surface area contributed by atoms with Gasteiger partial charge < -0.3 is 0 Å². The first-order valence-corrected chi connectivity index (χ1v) is 7.39. The molecule has 0 aromatic carbocycles. The molecule has 3 heteroatoms. The lowest BCUT2D eigenvalue weighted by Gasteiger charge is -2.22. The van der Waals surface area contributed by atoms with Crippen LogP contribution >= 0.6 is 0 Å². The zero-order valence-corrected chi connectivity index (χ0v) is 10.2. The fraction of sp³-hybridized carbons (Fsp3) is 1.00. The third-order valence-corrected chi connectivity index (χ3v) is 6.16. The Morgan fingerprint density at radius 1 is 1.21 bits per heavy atom. The molecule has 1 heterocycles. The fourth-order valence-electron chi connectivity index (χ4n) is 2.24. The molecule has 0 radical (unpaired) electrons. The highest BCUT2D eigenvalue weighted by Crippen LogP contribution is 2.36. The quantitative estimate of drug-likeness (QED) is 0.665. The summed E-state index contributed by atoms with van der Waals surface area (Å²) in [5.41, 5.74) is 0. The van der Waals surface area contributed by atoms with E-state index in [0.717, 1.165) is 25.7 Å². The van der Waals surface area contributed by atoms with Crippen molar-refractivity contribution in [2.75, 3.05) is 5.75 Å². The van der Waals surface area contributed by atoms with Gasteiger partial charge in [0.2, 0.25) is 0 Å². The minimum atomic E-state index is -2.77. The molecule has 1 saturated heterocycles. The second-order valence-electron chi connectivity index (χ2n) is 4.68. The van der Waals surface area contributed by atoms with Crippen molar-refractivity contribution in [2.45, 2.75) is 63.5 Å². The van der Waals surface area contributed by atoms with E-state index in [2.05, 4.69) is 6.92 Å². The van der Waals surface area contributed by atoms with Crippen LogP contribution in [0.5, 0.6) is 0 Å². The van der Waals surface area contributed by atoms with Gasteiger partial charge in [-0.3, -0.25) is 0 Å². The van der Waals surface area contributed by atoms with Crippen molar-refractivity contribution in [2.24, 2.45) is 0 Å². The molecule has 1 aliphatic rings. The van der Waals surface area contributed by atoms with Gasteiger partial charge in [0, 0.05) is 0 Å². The van der Waals surface area contributed by atoms with Crippen LogP contribution in [-0.2, 0) is 9.84 Å². The van der Waals surface area contributed by atoms with E-state index in [0.29, 0.717) is 5.75 Å². The first-order chi connectivity index (χ1) is 6.52. The van der Waals surface area contributed by atoms with Gasteiger partial charge in [-0.05, 0) is 26.2 Å². The second kappa shape index (κ2) is 4.65. The van der Waals surface area contributed by atoms with E-state index in [1.807, 2.05) is 6.92 Å². The molecule has 84 valence electrons. The van der Waals surface area contributed by atoms with E-state index in [1.165, 1.54) is 19.3 Å². The van der Waals surface area contributed by atoms with Crippen molar-refractivity contribution in [3.63, 3.8) is 0 Å². The zero-order chi connectivity index (χ0) is 10.7.